The molecule has 0 saturated heterocycles. The standard InChI is InChI=1S/C21H24N4O2/c1-21(2,3)20-24-19(27-25-20)16-12-8-7-11-15(16)18(26)23-13-17(22)14-9-5-4-6-10-14/h4-12,17H,13,22H2,1-3H3,(H,23,26). The molecule has 3 N–H and O–H groups in total. The van der Waals surface area contributed by atoms with Crippen LogP contribution in [0.25, 0.3) is 11.5 Å². The molecule has 0 aliphatic carbocycles. The summed E-state index contributed by atoms with van der Waals surface area (Å²) in [6.45, 7) is 6.34. The lowest BCUT2D eigenvalue weighted by atomic mass is 9.96. The highest BCUT2D eigenvalue weighted by Gasteiger charge is 2.23. The van der Waals surface area contributed by atoms with Crippen LogP contribution in [-0.2, 0) is 5.41 Å². The van der Waals surface area contributed by atoms with Crippen LogP contribution in [0.1, 0.15) is 48.6 Å². The molecular weight excluding hydrogens is 340 g/mol. The van der Waals surface area contributed by atoms with Gasteiger partial charge in [0.05, 0.1) is 11.1 Å². The van der Waals surface area contributed by atoms with Crippen LogP contribution < -0.4 is 11.1 Å². The van der Waals surface area contributed by atoms with Gasteiger partial charge in [0.15, 0.2) is 5.82 Å². The smallest absolute Gasteiger partial charge is 0.258 e. The van der Waals surface area contributed by atoms with E-state index in [0.717, 1.165) is 5.56 Å². The second kappa shape index (κ2) is 7.72. The monoisotopic (exact) mass is 364 g/mol. The number of carbonyl (C=O) groups is 1. The van der Waals surface area contributed by atoms with Gasteiger partial charge in [-0.15, -0.1) is 0 Å². The quantitative estimate of drug-likeness (QED) is 0.723. The van der Waals surface area contributed by atoms with Gasteiger partial charge in [-0.3, -0.25) is 4.79 Å². The molecule has 6 heteroatoms. The highest BCUT2D eigenvalue weighted by atomic mass is 16.5. The number of nitrogens with zero attached hydrogens (tertiary/aromatic N) is 2. The zero-order valence-corrected chi connectivity index (χ0v) is 15.8. The van der Waals surface area contributed by atoms with E-state index in [1.54, 1.807) is 18.2 Å². The molecular formula is C21H24N4O2. The van der Waals surface area contributed by atoms with Crippen molar-refractivity contribution in [2.75, 3.05) is 6.54 Å². The Kier molecular flexibility index (Phi) is 5.37. The van der Waals surface area contributed by atoms with Gasteiger partial charge in [0.2, 0.25) is 0 Å². The lowest BCUT2D eigenvalue weighted by Gasteiger charge is -2.14. The highest BCUT2D eigenvalue weighted by molar-refractivity contribution is 5.99. The number of rotatable bonds is 5. The second-order valence-corrected chi connectivity index (χ2v) is 7.45. The lowest BCUT2D eigenvalue weighted by Crippen LogP contribution is -2.32. The molecule has 1 aromatic heterocycles. The summed E-state index contributed by atoms with van der Waals surface area (Å²) in [4.78, 5) is 17.2. The molecule has 3 rings (SSSR count). The van der Waals surface area contributed by atoms with Crippen molar-refractivity contribution >= 4 is 5.91 Å². The largest absolute Gasteiger partial charge is 0.350 e. The van der Waals surface area contributed by atoms with Crippen LogP contribution in [0.15, 0.2) is 59.1 Å². The van der Waals surface area contributed by atoms with Crippen LogP contribution in [0.2, 0.25) is 0 Å². The van der Waals surface area contributed by atoms with Gasteiger partial charge in [0, 0.05) is 18.0 Å². The van der Waals surface area contributed by atoms with E-state index in [4.69, 9.17) is 10.3 Å². The predicted octanol–water partition coefficient (Wildman–Crippen LogP) is 3.46. The third kappa shape index (κ3) is 4.41. The van der Waals surface area contributed by atoms with Gasteiger partial charge in [0.25, 0.3) is 11.8 Å². The topological polar surface area (TPSA) is 94.0 Å². The van der Waals surface area contributed by atoms with Crippen LogP contribution >= 0.6 is 0 Å². The molecule has 0 aliphatic rings. The van der Waals surface area contributed by atoms with E-state index in [0.29, 0.717) is 29.4 Å². The molecule has 3 aromatic rings. The Morgan fingerprint density at radius 3 is 2.44 bits per heavy atom. The normalized spacial score (nSPS) is 12.6. The van der Waals surface area contributed by atoms with E-state index in [1.165, 1.54) is 0 Å². The molecule has 0 fully saturated rings. The average Bonchev–Trinajstić information content (AvgIpc) is 3.17. The maximum atomic E-state index is 12.7. The van der Waals surface area contributed by atoms with Crippen molar-refractivity contribution in [1.29, 1.82) is 0 Å². The molecule has 0 bridgehead atoms. The fourth-order valence-electron chi connectivity index (χ4n) is 2.62. The summed E-state index contributed by atoms with van der Waals surface area (Å²) in [5, 5.41) is 6.93. The molecule has 1 unspecified atom stereocenters. The van der Waals surface area contributed by atoms with Crippen molar-refractivity contribution in [3.8, 4) is 11.5 Å². The third-order valence-electron chi connectivity index (χ3n) is 4.21. The molecule has 27 heavy (non-hydrogen) atoms. The van der Waals surface area contributed by atoms with E-state index in [1.807, 2.05) is 57.2 Å². The molecule has 6 nitrogen and oxygen atoms in total. The van der Waals surface area contributed by atoms with E-state index in [2.05, 4.69) is 15.5 Å². The Bertz CT molecular complexity index is 913. The van der Waals surface area contributed by atoms with E-state index >= 15 is 0 Å². The van der Waals surface area contributed by atoms with Gasteiger partial charge < -0.3 is 15.6 Å². The molecule has 0 radical (unpaired) electrons. The van der Waals surface area contributed by atoms with Gasteiger partial charge in [-0.25, -0.2) is 0 Å². The molecule has 1 atom stereocenters. The SMILES string of the molecule is CC(C)(C)c1noc(-c2ccccc2C(=O)NCC(N)c2ccccc2)n1. The molecule has 0 aliphatic heterocycles. The van der Waals surface area contributed by atoms with Crippen molar-refractivity contribution in [1.82, 2.24) is 15.5 Å². The Hall–Kier alpha value is -2.99. The summed E-state index contributed by atoms with van der Waals surface area (Å²) in [5.41, 5.74) is 7.98. The molecule has 2 aromatic carbocycles. The molecule has 140 valence electrons. The number of hydrogen-bond donors (Lipinski definition) is 2. The van der Waals surface area contributed by atoms with Gasteiger partial charge >= 0.3 is 0 Å². The number of hydrogen-bond acceptors (Lipinski definition) is 5. The van der Waals surface area contributed by atoms with Crippen molar-refractivity contribution in [3.63, 3.8) is 0 Å². The molecule has 1 heterocycles. The van der Waals surface area contributed by atoms with Crippen LogP contribution in [-0.4, -0.2) is 22.6 Å². The Labute approximate surface area is 158 Å². The molecule has 0 saturated carbocycles. The van der Waals surface area contributed by atoms with Crippen molar-refractivity contribution < 1.29 is 9.32 Å². The summed E-state index contributed by atoms with van der Waals surface area (Å²) < 4.78 is 5.40. The van der Waals surface area contributed by atoms with Gasteiger partial charge in [-0.05, 0) is 17.7 Å². The average molecular weight is 364 g/mol. The number of amides is 1. The van der Waals surface area contributed by atoms with Crippen LogP contribution in [0.5, 0.6) is 0 Å². The van der Waals surface area contributed by atoms with Crippen molar-refractivity contribution in [2.24, 2.45) is 5.73 Å². The zero-order chi connectivity index (χ0) is 19.4. The van der Waals surface area contributed by atoms with Crippen LogP contribution in [0, 0.1) is 0 Å². The molecule has 1 amide bonds. The Morgan fingerprint density at radius 2 is 1.78 bits per heavy atom. The van der Waals surface area contributed by atoms with E-state index < -0.39 is 0 Å². The minimum Gasteiger partial charge on any atom is -0.350 e. The number of carbonyl (C=O) groups excluding carboxylic acids is 1. The first-order valence-electron chi connectivity index (χ1n) is 8.88. The van der Waals surface area contributed by atoms with Crippen molar-refractivity contribution in [2.45, 2.75) is 32.2 Å². The summed E-state index contributed by atoms with van der Waals surface area (Å²) >= 11 is 0. The summed E-state index contributed by atoms with van der Waals surface area (Å²) in [6.07, 6.45) is 0. The fourth-order valence-corrected chi connectivity index (χ4v) is 2.62. The second-order valence-electron chi connectivity index (χ2n) is 7.45. The van der Waals surface area contributed by atoms with E-state index in [-0.39, 0.29) is 17.4 Å². The minimum absolute atomic E-state index is 0.229. The Morgan fingerprint density at radius 1 is 1.11 bits per heavy atom. The first-order chi connectivity index (χ1) is 12.9. The summed E-state index contributed by atoms with van der Waals surface area (Å²) in [7, 11) is 0. The number of nitrogens with two attached hydrogens (primary N) is 1. The summed E-state index contributed by atoms with van der Waals surface area (Å²) in [6, 6.07) is 16.6. The zero-order valence-electron chi connectivity index (χ0n) is 15.8. The van der Waals surface area contributed by atoms with Gasteiger partial charge in [-0.1, -0.05) is 68.4 Å². The maximum Gasteiger partial charge on any atom is 0.258 e. The number of benzene rings is 2. The van der Waals surface area contributed by atoms with Gasteiger partial charge in [-0.2, -0.15) is 4.98 Å². The third-order valence-corrected chi connectivity index (χ3v) is 4.21. The first-order valence-corrected chi connectivity index (χ1v) is 8.88. The molecule has 0 spiro atoms. The first kappa shape index (κ1) is 18.8. The number of nitrogens with one attached hydrogen (secondary N) is 1. The minimum atomic E-state index is -0.279. The van der Waals surface area contributed by atoms with Crippen LogP contribution in [0.3, 0.4) is 0 Å². The van der Waals surface area contributed by atoms with Crippen molar-refractivity contribution in [3.05, 3.63) is 71.5 Å². The summed E-state index contributed by atoms with van der Waals surface area (Å²) in [5.74, 6) is 0.698. The highest BCUT2D eigenvalue weighted by Crippen LogP contribution is 2.26. The maximum absolute atomic E-state index is 12.7. The predicted molar refractivity (Wildman–Crippen MR) is 104 cm³/mol. The number of aromatic nitrogens is 2. The fraction of sp³-hybridized carbons (Fsp3) is 0.286. The van der Waals surface area contributed by atoms with Gasteiger partial charge in [0.1, 0.15) is 0 Å². The Balaban J connectivity index is 1.77. The van der Waals surface area contributed by atoms with Crippen LogP contribution in [0.4, 0.5) is 0 Å². The lowest BCUT2D eigenvalue weighted by molar-refractivity contribution is 0.0951. The van der Waals surface area contributed by atoms with E-state index in [9.17, 15) is 4.79 Å².